The number of para-hydroxylation sites is 1. The highest BCUT2D eigenvalue weighted by Gasteiger charge is 2.28. The zero-order chi connectivity index (χ0) is 21.1. The molecule has 1 aromatic heterocycles. The van der Waals surface area contributed by atoms with E-state index in [1.54, 1.807) is 6.07 Å². The van der Waals surface area contributed by atoms with Crippen molar-refractivity contribution >= 4 is 5.91 Å². The molecule has 156 valence electrons. The molecular formula is C25H28N2O3. The van der Waals surface area contributed by atoms with Gasteiger partial charge in [0.05, 0.1) is 0 Å². The van der Waals surface area contributed by atoms with Gasteiger partial charge in [0.25, 0.3) is 5.91 Å². The Morgan fingerprint density at radius 1 is 1.10 bits per heavy atom. The van der Waals surface area contributed by atoms with E-state index in [1.807, 2.05) is 36.9 Å². The lowest BCUT2D eigenvalue weighted by molar-refractivity contribution is 0.0696. The van der Waals surface area contributed by atoms with Gasteiger partial charge in [-0.05, 0) is 55.9 Å². The van der Waals surface area contributed by atoms with Gasteiger partial charge < -0.3 is 14.2 Å². The number of nitrogens with zero attached hydrogens (tertiary/aromatic N) is 2. The molecule has 1 aliphatic rings. The number of amides is 1. The van der Waals surface area contributed by atoms with Crippen LogP contribution in [0.2, 0.25) is 0 Å². The van der Waals surface area contributed by atoms with Crippen LogP contribution in [0.1, 0.15) is 57.3 Å². The maximum Gasteiger partial charge on any atom is 0.276 e. The molecule has 0 N–H and O–H groups in total. The first-order chi connectivity index (χ1) is 14.5. The summed E-state index contributed by atoms with van der Waals surface area (Å²) in [5.41, 5.74) is 5.10. The van der Waals surface area contributed by atoms with Crippen molar-refractivity contribution in [1.82, 2.24) is 10.1 Å². The molecule has 2 heterocycles. The molecule has 5 nitrogen and oxygen atoms in total. The number of aromatic nitrogens is 1. The molecule has 0 aliphatic carbocycles. The maximum atomic E-state index is 13.0. The Morgan fingerprint density at radius 2 is 1.83 bits per heavy atom. The van der Waals surface area contributed by atoms with Crippen LogP contribution in [0.3, 0.4) is 0 Å². The van der Waals surface area contributed by atoms with Gasteiger partial charge in [-0.15, -0.1) is 0 Å². The number of carbonyl (C=O) groups is 1. The van der Waals surface area contributed by atoms with Gasteiger partial charge in [-0.25, -0.2) is 0 Å². The number of likely N-dealkylation sites (tertiary alicyclic amines) is 1. The summed E-state index contributed by atoms with van der Waals surface area (Å²) in [5, 5.41) is 4.02. The molecule has 1 saturated heterocycles. The first-order valence-corrected chi connectivity index (χ1v) is 10.5. The van der Waals surface area contributed by atoms with E-state index in [4.69, 9.17) is 9.26 Å². The highest BCUT2D eigenvalue weighted by Crippen LogP contribution is 2.30. The molecular weight excluding hydrogens is 376 g/mol. The summed E-state index contributed by atoms with van der Waals surface area (Å²) in [7, 11) is 0. The number of benzene rings is 2. The minimum Gasteiger partial charge on any atom is -0.485 e. The molecule has 1 atom stereocenters. The van der Waals surface area contributed by atoms with Crippen molar-refractivity contribution in [2.75, 3.05) is 13.1 Å². The van der Waals surface area contributed by atoms with Crippen molar-refractivity contribution in [1.29, 1.82) is 0 Å². The number of piperidine rings is 1. The summed E-state index contributed by atoms with van der Waals surface area (Å²) in [4.78, 5) is 14.9. The molecule has 0 spiro atoms. The van der Waals surface area contributed by atoms with Crippen molar-refractivity contribution in [3.63, 3.8) is 0 Å². The van der Waals surface area contributed by atoms with Crippen molar-refractivity contribution in [2.24, 2.45) is 0 Å². The van der Waals surface area contributed by atoms with E-state index in [0.717, 1.165) is 36.3 Å². The Morgan fingerprint density at radius 3 is 2.60 bits per heavy atom. The number of ether oxygens (including phenoxy) is 1. The second-order valence-electron chi connectivity index (χ2n) is 8.13. The minimum atomic E-state index is -0.0737. The number of rotatable bonds is 5. The number of carbonyl (C=O) groups excluding carboxylic acids is 1. The highest BCUT2D eigenvalue weighted by molar-refractivity contribution is 5.92. The fourth-order valence-corrected chi connectivity index (χ4v) is 4.27. The molecule has 0 bridgehead atoms. The fraction of sp³-hybridized carbons (Fsp3) is 0.360. The fourth-order valence-electron chi connectivity index (χ4n) is 4.27. The average Bonchev–Trinajstić information content (AvgIpc) is 3.22. The maximum absolute atomic E-state index is 13.0. The summed E-state index contributed by atoms with van der Waals surface area (Å²) in [5.74, 6) is 1.69. The zero-order valence-electron chi connectivity index (χ0n) is 17.9. The van der Waals surface area contributed by atoms with Gasteiger partial charge in [0, 0.05) is 25.1 Å². The highest BCUT2D eigenvalue weighted by atomic mass is 16.5. The number of aryl methyl sites for hydroxylation is 3. The van der Waals surface area contributed by atoms with E-state index in [0.29, 0.717) is 23.9 Å². The van der Waals surface area contributed by atoms with Gasteiger partial charge >= 0.3 is 0 Å². The average molecular weight is 405 g/mol. The molecule has 3 aromatic rings. The van der Waals surface area contributed by atoms with Crippen LogP contribution in [-0.2, 0) is 6.61 Å². The number of hydrogen-bond donors (Lipinski definition) is 0. The van der Waals surface area contributed by atoms with E-state index >= 15 is 0 Å². The third kappa shape index (κ3) is 4.25. The Kier molecular flexibility index (Phi) is 5.88. The monoisotopic (exact) mass is 404 g/mol. The van der Waals surface area contributed by atoms with Gasteiger partial charge in [0.15, 0.2) is 11.5 Å². The van der Waals surface area contributed by atoms with E-state index in [9.17, 15) is 4.79 Å². The Balaban J connectivity index is 1.42. The van der Waals surface area contributed by atoms with Crippen LogP contribution in [0.5, 0.6) is 5.75 Å². The Hall–Kier alpha value is -3.08. The molecule has 2 aromatic carbocycles. The molecule has 1 aliphatic heterocycles. The standard InChI is InChI=1S/C25H28N2O3/c1-17-8-4-5-12-22(17)20-11-7-13-27(15-20)25(28)23-14-21(30-26-23)16-29-24-18(2)9-6-10-19(24)3/h4-6,8-10,12,14,20H,7,11,13,15-16H2,1-3H3. The molecule has 4 rings (SSSR count). The van der Waals surface area contributed by atoms with Crippen LogP contribution in [0.15, 0.2) is 53.1 Å². The van der Waals surface area contributed by atoms with Crippen molar-refractivity contribution in [3.05, 3.63) is 82.2 Å². The van der Waals surface area contributed by atoms with Crippen LogP contribution in [0, 0.1) is 20.8 Å². The summed E-state index contributed by atoms with van der Waals surface area (Å²) in [6, 6.07) is 16.2. The SMILES string of the molecule is Cc1ccccc1C1CCCN(C(=O)c2cc(COc3c(C)cccc3C)on2)C1. The lowest BCUT2D eigenvalue weighted by atomic mass is 9.88. The summed E-state index contributed by atoms with van der Waals surface area (Å²) in [6.07, 6.45) is 2.09. The first-order valence-electron chi connectivity index (χ1n) is 10.5. The molecule has 1 fully saturated rings. The minimum absolute atomic E-state index is 0.0737. The smallest absolute Gasteiger partial charge is 0.276 e. The summed E-state index contributed by atoms with van der Waals surface area (Å²) < 4.78 is 11.3. The van der Waals surface area contributed by atoms with Gasteiger partial charge in [0.1, 0.15) is 12.4 Å². The van der Waals surface area contributed by atoms with Gasteiger partial charge in [0.2, 0.25) is 0 Å². The Bertz CT molecular complexity index is 1020. The second-order valence-corrected chi connectivity index (χ2v) is 8.13. The van der Waals surface area contributed by atoms with Crippen LogP contribution < -0.4 is 4.74 Å². The van der Waals surface area contributed by atoms with Crippen molar-refractivity contribution < 1.29 is 14.1 Å². The van der Waals surface area contributed by atoms with Crippen molar-refractivity contribution in [3.8, 4) is 5.75 Å². The molecule has 1 amide bonds. The summed E-state index contributed by atoms with van der Waals surface area (Å²) in [6.45, 7) is 7.87. The van der Waals surface area contributed by atoms with Gasteiger partial charge in [-0.2, -0.15) is 0 Å². The van der Waals surface area contributed by atoms with E-state index < -0.39 is 0 Å². The Labute approximate surface area is 177 Å². The molecule has 30 heavy (non-hydrogen) atoms. The normalized spacial score (nSPS) is 16.5. The second kappa shape index (κ2) is 8.74. The van der Waals surface area contributed by atoms with Gasteiger partial charge in [-0.1, -0.05) is 47.6 Å². The van der Waals surface area contributed by atoms with Crippen LogP contribution in [0.25, 0.3) is 0 Å². The van der Waals surface area contributed by atoms with Crippen LogP contribution in [-0.4, -0.2) is 29.1 Å². The van der Waals surface area contributed by atoms with E-state index in [1.165, 1.54) is 11.1 Å². The molecule has 0 radical (unpaired) electrons. The predicted octanol–water partition coefficient (Wildman–Crippen LogP) is 5.20. The number of hydrogen-bond acceptors (Lipinski definition) is 4. The lowest BCUT2D eigenvalue weighted by Crippen LogP contribution is -2.39. The third-order valence-corrected chi connectivity index (χ3v) is 5.88. The molecule has 0 saturated carbocycles. The van der Waals surface area contributed by atoms with E-state index in [-0.39, 0.29) is 12.5 Å². The molecule has 1 unspecified atom stereocenters. The van der Waals surface area contributed by atoms with Crippen LogP contribution in [0.4, 0.5) is 0 Å². The first kappa shape index (κ1) is 20.2. The van der Waals surface area contributed by atoms with Gasteiger partial charge in [-0.3, -0.25) is 4.79 Å². The van der Waals surface area contributed by atoms with Crippen molar-refractivity contribution in [2.45, 2.75) is 46.1 Å². The topological polar surface area (TPSA) is 55.6 Å². The quantitative estimate of drug-likeness (QED) is 0.587. The molecule has 5 heteroatoms. The predicted molar refractivity (Wildman–Crippen MR) is 116 cm³/mol. The lowest BCUT2D eigenvalue weighted by Gasteiger charge is -2.33. The largest absolute Gasteiger partial charge is 0.485 e. The summed E-state index contributed by atoms with van der Waals surface area (Å²) >= 11 is 0. The zero-order valence-corrected chi connectivity index (χ0v) is 17.9. The van der Waals surface area contributed by atoms with Crippen LogP contribution >= 0.6 is 0 Å². The van der Waals surface area contributed by atoms with E-state index in [2.05, 4.69) is 36.3 Å². The third-order valence-electron chi connectivity index (χ3n) is 5.88.